The van der Waals surface area contributed by atoms with Gasteiger partial charge in [-0.25, -0.2) is 4.39 Å². The minimum atomic E-state index is -0.165. The Balaban J connectivity index is 2.40. The standard InChI is InChI=1S/C15H15FIN/c1-2-18-15(11-7-9-12(17)10-8-11)13-5-3-4-6-14(13)16/h3-10,15,18H,2H2,1H3. The molecular formula is C15H15FIN. The van der Waals surface area contributed by atoms with Crippen molar-refractivity contribution in [2.75, 3.05) is 6.54 Å². The maximum absolute atomic E-state index is 13.9. The molecule has 94 valence electrons. The minimum Gasteiger partial charge on any atom is -0.306 e. The molecule has 0 bridgehead atoms. The van der Waals surface area contributed by atoms with Crippen LogP contribution in [0.2, 0.25) is 0 Å². The second-order valence-electron chi connectivity index (χ2n) is 4.06. The summed E-state index contributed by atoms with van der Waals surface area (Å²) in [5.41, 5.74) is 1.78. The molecule has 0 amide bonds. The second-order valence-corrected chi connectivity index (χ2v) is 5.31. The van der Waals surface area contributed by atoms with Gasteiger partial charge in [0.25, 0.3) is 0 Å². The summed E-state index contributed by atoms with van der Waals surface area (Å²) in [6.45, 7) is 2.82. The molecule has 0 aliphatic heterocycles. The zero-order chi connectivity index (χ0) is 13.0. The van der Waals surface area contributed by atoms with E-state index in [1.54, 1.807) is 6.07 Å². The van der Waals surface area contributed by atoms with Crippen molar-refractivity contribution in [1.82, 2.24) is 5.32 Å². The normalized spacial score (nSPS) is 12.4. The molecular weight excluding hydrogens is 340 g/mol. The summed E-state index contributed by atoms with van der Waals surface area (Å²) in [5, 5.41) is 3.33. The van der Waals surface area contributed by atoms with Crippen LogP contribution in [0.4, 0.5) is 4.39 Å². The smallest absolute Gasteiger partial charge is 0.128 e. The molecule has 0 aliphatic rings. The second kappa shape index (κ2) is 6.29. The van der Waals surface area contributed by atoms with Crippen LogP contribution in [0.5, 0.6) is 0 Å². The van der Waals surface area contributed by atoms with Gasteiger partial charge in [-0.05, 0) is 52.9 Å². The molecule has 1 nitrogen and oxygen atoms in total. The Morgan fingerprint density at radius 1 is 1.11 bits per heavy atom. The van der Waals surface area contributed by atoms with Crippen molar-refractivity contribution in [3.63, 3.8) is 0 Å². The van der Waals surface area contributed by atoms with Gasteiger partial charge in [0, 0.05) is 9.13 Å². The molecule has 0 spiro atoms. The van der Waals surface area contributed by atoms with Gasteiger partial charge in [0.1, 0.15) is 5.82 Å². The number of hydrogen-bond donors (Lipinski definition) is 1. The van der Waals surface area contributed by atoms with Gasteiger partial charge in [-0.15, -0.1) is 0 Å². The SMILES string of the molecule is CCNC(c1ccc(I)cc1)c1ccccc1F. The molecule has 18 heavy (non-hydrogen) atoms. The Bertz CT molecular complexity index is 510. The molecule has 0 fully saturated rings. The molecule has 2 aromatic rings. The molecule has 0 heterocycles. The third-order valence-corrected chi connectivity index (χ3v) is 3.55. The van der Waals surface area contributed by atoms with Crippen molar-refractivity contribution in [3.05, 3.63) is 69.0 Å². The van der Waals surface area contributed by atoms with Gasteiger partial charge in [-0.3, -0.25) is 0 Å². The molecule has 1 atom stereocenters. The Labute approximate surface area is 121 Å². The van der Waals surface area contributed by atoms with Crippen LogP contribution in [0.1, 0.15) is 24.1 Å². The predicted octanol–water partition coefficient (Wildman–Crippen LogP) is 4.13. The summed E-state index contributed by atoms with van der Waals surface area (Å²) < 4.78 is 15.1. The fraction of sp³-hybridized carbons (Fsp3) is 0.200. The first-order valence-corrected chi connectivity index (χ1v) is 7.03. The molecule has 3 heteroatoms. The third-order valence-electron chi connectivity index (χ3n) is 2.83. The Morgan fingerprint density at radius 2 is 1.78 bits per heavy atom. The molecule has 2 rings (SSSR count). The lowest BCUT2D eigenvalue weighted by Gasteiger charge is -2.19. The summed E-state index contributed by atoms with van der Waals surface area (Å²) in [4.78, 5) is 0. The quantitative estimate of drug-likeness (QED) is 0.814. The number of rotatable bonds is 4. The molecule has 0 radical (unpaired) electrons. The van der Waals surface area contributed by atoms with E-state index >= 15 is 0 Å². The van der Waals surface area contributed by atoms with Crippen molar-refractivity contribution in [2.45, 2.75) is 13.0 Å². The van der Waals surface area contributed by atoms with Crippen LogP contribution < -0.4 is 5.32 Å². The van der Waals surface area contributed by atoms with E-state index in [2.05, 4.69) is 27.9 Å². The van der Waals surface area contributed by atoms with Gasteiger partial charge in [0.15, 0.2) is 0 Å². The molecule has 2 aromatic carbocycles. The summed E-state index contributed by atoms with van der Waals surface area (Å²) in [5.74, 6) is -0.165. The summed E-state index contributed by atoms with van der Waals surface area (Å²) in [7, 11) is 0. The molecule has 0 aliphatic carbocycles. The maximum atomic E-state index is 13.9. The van der Waals surface area contributed by atoms with E-state index in [-0.39, 0.29) is 11.9 Å². The van der Waals surface area contributed by atoms with Gasteiger partial charge in [0.05, 0.1) is 6.04 Å². The van der Waals surface area contributed by atoms with E-state index in [1.807, 2.05) is 43.3 Å². The monoisotopic (exact) mass is 355 g/mol. The fourth-order valence-electron chi connectivity index (χ4n) is 1.98. The van der Waals surface area contributed by atoms with E-state index in [9.17, 15) is 4.39 Å². The highest BCUT2D eigenvalue weighted by Crippen LogP contribution is 2.24. The summed E-state index contributed by atoms with van der Waals surface area (Å²) >= 11 is 2.27. The maximum Gasteiger partial charge on any atom is 0.128 e. The highest BCUT2D eigenvalue weighted by atomic mass is 127. The Kier molecular flexibility index (Phi) is 4.72. The first-order chi connectivity index (χ1) is 8.72. The lowest BCUT2D eigenvalue weighted by molar-refractivity contribution is 0.559. The van der Waals surface area contributed by atoms with Gasteiger partial charge in [0.2, 0.25) is 0 Å². The van der Waals surface area contributed by atoms with Crippen LogP contribution >= 0.6 is 22.6 Å². The van der Waals surface area contributed by atoms with E-state index in [4.69, 9.17) is 0 Å². The number of halogens is 2. The first kappa shape index (κ1) is 13.5. The molecule has 0 saturated heterocycles. The lowest BCUT2D eigenvalue weighted by atomic mass is 9.98. The number of hydrogen-bond acceptors (Lipinski definition) is 1. The van der Waals surface area contributed by atoms with Gasteiger partial charge >= 0.3 is 0 Å². The highest BCUT2D eigenvalue weighted by molar-refractivity contribution is 14.1. The van der Waals surface area contributed by atoms with Crippen LogP contribution in [0.25, 0.3) is 0 Å². The van der Waals surface area contributed by atoms with Crippen LogP contribution in [0.15, 0.2) is 48.5 Å². The Morgan fingerprint density at radius 3 is 2.39 bits per heavy atom. The summed E-state index contributed by atoms with van der Waals surface area (Å²) in [6.07, 6.45) is 0. The zero-order valence-electron chi connectivity index (χ0n) is 10.2. The van der Waals surface area contributed by atoms with Crippen LogP contribution in [-0.4, -0.2) is 6.54 Å². The van der Waals surface area contributed by atoms with E-state index in [0.29, 0.717) is 5.56 Å². The average molecular weight is 355 g/mol. The minimum absolute atomic E-state index is 0.0896. The van der Waals surface area contributed by atoms with Crippen molar-refractivity contribution < 1.29 is 4.39 Å². The Hall–Kier alpha value is -0.940. The average Bonchev–Trinajstić information content (AvgIpc) is 2.38. The molecule has 1 unspecified atom stereocenters. The lowest BCUT2D eigenvalue weighted by Crippen LogP contribution is -2.22. The largest absolute Gasteiger partial charge is 0.306 e. The number of nitrogens with one attached hydrogen (secondary N) is 1. The molecule has 1 N–H and O–H groups in total. The van der Waals surface area contributed by atoms with Gasteiger partial charge in [-0.1, -0.05) is 37.3 Å². The molecule has 0 aromatic heterocycles. The predicted molar refractivity (Wildman–Crippen MR) is 81.1 cm³/mol. The van der Waals surface area contributed by atoms with Crippen molar-refractivity contribution in [2.24, 2.45) is 0 Å². The topological polar surface area (TPSA) is 12.0 Å². The highest BCUT2D eigenvalue weighted by Gasteiger charge is 2.16. The fourth-order valence-corrected chi connectivity index (χ4v) is 2.34. The van der Waals surface area contributed by atoms with E-state index in [0.717, 1.165) is 12.1 Å². The third kappa shape index (κ3) is 3.09. The molecule has 0 saturated carbocycles. The summed E-state index contributed by atoms with van der Waals surface area (Å²) in [6, 6.07) is 15.0. The van der Waals surface area contributed by atoms with Crippen molar-refractivity contribution >= 4 is 22.6 Å². The van der Waals surface area contributed by atoms with Crippen LogP contribution in [-0.2, 0) is 0 Å². The number of benzene rings is 2. The van der Waals surface area contributed by atoms with Crippen LogP contribution in [0.3, 0.4) is 0 Å². The van der Waals surface area contributed by atoms with Crippen LogP contribution in [0, 0.1) is 9.39 Å². The van der Waals surface area contributed by atoms with E-state index < -0.39 is 0 Å². The zero-order valence-corrected chi connectivity index (χ0v) is 12.3. The van der Waals surface area contributed by atoms with Gasteiger partial charge < -0.3 is 5.32 Å². The first-order valence-electron chi connectivity index (χ1n) is 5.95. The van der Waals surface area contributed by atoms with Gasteiger partial charge in [-0.2, -0.15) is 0 Å². The van der Waals surface area contributed by atoms with Crippen molar-refractivity contribution in [3.8, 4) is 0 Å². The van der Waals surface area contributed by atoms with E-state index in [1.165, 1.54) is 9.64 Å². The van der Waals surface area contributed by atoms with Crippen molar-refractivity contribution in [1.29, 1.82) is 0 Å².